The van der Waals surface area contributed by atoms with Crippen molar-refractivity contribution in [3.05, 3.63) is 35.5 Å². The molecular weight excluding hydrogens is 308 g/mol. The minimum atomic E-state index is -0.918. The number of likely N-dealkylation sites (tertiary alicyclic amines) is 1. The Kier molecular flexibility index (Phi) is 4.99. The molecule has 0 aliphatic carbocycles. The van der Waals surface area contributed by atoms with E-state index in [1.165, 1.54) is 4.68 Å². The van der Waals surface area contributed by atoms with Gasteiger partial charge in [0.05, 0.1) is 17.9 Å². The Hall–Kier alpha value is -2.15. The van der Waals surface area contributed by atoms with Crippen molar-refractivity contribution >= 4 is 5.97 Å². The van der Waals surface area contributed by atoms with E-state index in [4.69, 9.17) is 9.52 Å². The number of hydrogen-bond acceptors (Lipinski definition) is 5. The summed E-state index contributed by atoms with van der Waals surface area (Å²) in [6.07, 6.45) is 4.80. The Morgan fingerprint density at radius 2 is 2.29 bits per heavy atom. The van der Waals surface area contributed by atoms with Gasteiger partial charge in [-0.1, -0.05) is 19.1 Å². The van der Waals surface area contributed by atoms with Crippen LogP contribution in [0.5, 0.6) is 0 Å². The van der Waals surface area contributed by atoms with Gasteiger partial charge in [-0.15, -0.1) is 5.10 Å². The third-order valence-corrected chi connectivity index (χ3v) is 4.58. The third kappa shape index (κ3) is 3.84. The summed E-state index contributed by atoms with van der Waals surface area (Å²) in [5, 5.41) is 16.8. The highest BCUT2D eigenvalue weighted by Gasteiger charge is 2.30. The number of aliphatic carboxylic acids is 1. The Morgan fingerprint density at radius 3 is 3.00 bits per heavy atom. The highest BCUT2D eigenvalue weighted by molar-refractivity contribution is 5.66. The van der Waals surface area contributed by atoms with Crippen LogP contribution in [0.25, 0.3) is 0 Å². The number of rotatable bonds is 6. The molecular formula is C17H24N4O3. The van der Waals surface area contributed by atoms with E-state index in [0.29, 0.717) is 12.5 Å². The third-order valence-electron chi connectivity index (χ3n) is 4.58. The molecule has 1 saturated heterocycles. The van der Waals surface area contributed by atoms with Gasteiger partial charge in [0.25, 0.3) is 0 Å². The van der Waals surface area contributed by atoms with Crippen LogP contribution in [0.2, 0.25) is 0 Å². The van der Waals surface area contributed by atoms with Crippen LogP contribution >= 0.6 is 0 Å². The van der Waals surface area contributed by atoms with Gasteiger partial charge in [0, 0.05) is 13.0 Å². The molecule has 0 spiro atoms. The molecule has 1 aliphatic heterocycles. The predicted octanol–water partition coefficient (Wildman–Crippen LogP) is 2.49. The fourth-order valence-electron chi connectivity index (χ4n) is 3.27. The zero-order valence-corrected chi connectivity index (χ0v) is 14.2. The molecule has 24 heavy (non-hydrogen) atoms. The van der Waals surface area contributed by atoms with Gasteiger partial charge in [-0.05, 0) is 37.4 Å². The molecule has 3 heterocycles. The first-order chi connectivity index (χ1) is 11.5. The van der Waals surface area contributed by atoms with Crippen molar-refractivity contribution in [1.29, 1.82) is 0 Å². The molecule has 1 aliphatic rings. The normalized spacial score (nSPS) is 21.9. The van der Waals surface area contributed by atoms with Crippen molar-refractivity contribution in [2.75, 3.05) is 6.54 Å². The summed E-state index contributed by atoms with van der Waals surface area (Å²) in [4.78, 5) is 13.1. The van der Waals surface area contributed by atoms with Gasteiger partial charge in [0.15, 0.2) is 0 Å². The van der Waals surface area contributed by atoms with Crippen molar-refractivity contribution in [3.63, 3.8) is 0 Å². The number of aryl methyl sites for hydroxylation is 1. The van der Waals surface area contributed by atoms with Crippen LogP contribution in [-0.4, -0.2) is 37.5 Å². The monoisotopic (exact) mass is 332 g/mol. The first-order valence-electron chi connectivity index (χ1n) is 8.48. The van der Waals surface area contributed by atoms with Crippen LogP contribution in [0.4, 0.5) is 0 Å². The summed E-state index contributed by atoms with van der Waals surface area (Å²) in [6, 6.07) is 4.37. The van der Waals surface area contributed by atoms with Crippen LogP contribution < -0.4 is 0 Å². The first-order valence-corrected chi connectivity index (χ1v) is 8.48. The summed E-state index contributed by atoms with van der Waals surface area (Å²) < 4.78 is 7.35. The zero-order valence-electron chi connectivity index (χ0n) is 14.2. The molecule has 3 rings (SSSR count). The van der Waals surface area contributed by atoms with Gasteiger partial charge in [-0.2, -0.15) is 0 Å². The minimum absolute atomic E-state index is 0.161. The lowest BCUT2D eigenvalue weighted by Gasteiger charge is -2.36. The van der Waals surface area contributed by atoms with E-state index in [1.807, 2.05) is 0 Å². The maximum absolute atomic E-state index is 10.8. The van der Waals surface area contributed by atoms with E-state index in [0.717, 1.165) is 43.0 Å². The lowest BCUT2D eigenvalue weighted by molar-refractivity contribution is -0.137. The molecule has 7 nitrogen and oxygen atoms in total. The van der Waals surface area contributed by atoms with Crippen LogP contribution in [0.3, 0.4) is 0 Å². The first kappa shape index (κ1) is 16.7. The Labute approximate surface area is 141 Å². The molecule has 2 aromatic heterocycles. The molecule has 0 aromatic carbocycles. The zero-order chi connectivity index (χ0) is 17.1. The second-order valence-corrected chi connectivity index (χ2v) is 6.57. The number of nitrogens with zero attached hydrogens (tertiary/aromatic N) is 4. The van der Waals surface area contributed by atoms with Crippen LogP contribution in [-0.2, 0) is 24.3 Å². The van der Waals surface area contributed by atoms with Gasteiger partial charge in [-0.3, -0.25) is 9.69 Å². The molecule has 130 valence electrons. The fourth-order valence-corrected chi connectivity index (χ4v) is 3.27. The molecule has 1 fully saturated rings. The van der Waals surface area contributed by atoms with Gasteiger partial charge in [0.2, 0.25) is 0 Å². The average Bonchev–Trinajstić information content (AvgIpc) is 3.18. The number of carbonyl (C=O) groups is 1. The number of piperidine rings is 1. The SMILES string of the molecule is CCc1ccc(C2CC(C)CCN2Cc2cn(CC(=O)O)nn2)o1. The van der Waals surface area contributed by atoms with E-state index in [1.54, 1.807) is 6.20 Å². The summed E-state index contributed by atoms with van der Waals surface area (Å²) >= 11 is 0. The molecule has 7 heteroatoms. The van der Waals surface area contributed by atoms with Crippen molar-refractivity contribution in [1.82, 2.24) is 19.9 Å². The van der Waals surface area contributed by atoms with Crippen molar-refractivity contribution in [2.24, 2.45) is 5.92 Å². The standard InChI is InChI=1S/C17H24N4O3/c1-3-14-4-5-16(24-14)15-8-12(2)6-7-20(15)9-13-10-21(19-18-13)11-17(22)23/h4-5,10,12,15H,3,6-9,11H2,1-2H3,(H,22,23). The highest BCUT2D eigenvalue weighted by Crippen LogP contribution is 2.35. The van der Waals surface area contributed by atoms with Crippen molar-refractivity contribution in [2.45, 2.75) is 52.2 Å². The van der Waals surface area contributed by atoms with E-state index in [-0.39, 0.29) is 12.6 Å². The molecule has 1 N–H and O–H groups in total. The van der Waals surface area contributed by atoms with Crippen LogP contribution in [0.15, 0.2) is 22.7 Å². The van der Waals surface area contributed by atoms with Crippen LogP contribution in [0.1, 0.15) is 49.9 Å². The Balaban J connectivity index is 1.74. The minimum Gasteiger partial charge on any atom is -0.480 e. The van der Waals surface area contributed by atoms with E-state index < -0.39 is 5.97 Å². The van der Waals surface area contributed by atoms with Crippen molar-refractivity contribution < 1.29 is 14.3 Å². The second kappa shape index (κ2) is 7.17. The van der Waals surface area contributed by atoms with E-state index in [2.05, 4.69) is 41.2 Å². The molecule has 0 bridgehead atoms. The molecule has 2 aromatic rings. The number of carboxylic acids is 1. The van der Waals surface area contributed by atoms with Gasteiger partial charge >= 0.3 is 5.97 Å². The molecule has 0 saturated carbocycles. The van der Waals surface area contributed by atoms with Gasteiger partial charge in [-0.25, -0.2) is 4.68 Å². The molecule has 2 unspecified atom stereocenters. The number of aromatic nitrogens is 3. The average molecular weight is 332 g/mol. The predicted molar refractivity (Wildman–Crippen MR) is 87.3 cm³/mol. The molecule has 2 atom stereocenters. The lowest BCUT2D eigenvalue weighted by Crippen LogP contribution is -2.35. The Morgan fingerprint density at radius 1 is 1.46 bits per heavy atom. The van der Waals surface area contributed by atoms with E-state index in [9.17, 15) is 4.79 Å². The summed E-state index contributed by atoms with van der Waals surface area (Å²) in [5.74, 6) is 1.76. The van der Waals surface area contributed by atoms with Crippen LogP contribution in [0, 0.1) is 5.92 Å². The smallest absolute Gasteiger partial charge is 0.325 e. The summed E-state index contributed by atoms with van der Waals surface area (Å²) in [5.41, 5.74) is 0.790. The largest absolute Gasteiger partial charge is 0.480 e. The second-order valence-electron chi connectivity index (χ2n) is 6.57. The summed E-state index contributed by atoms with van der Waals surface area (Å²) in [7, 11) is 0. The topological polar surface area (TPSA) is 84.4 Å². The van der Waals surface area contributed by atoms with E-state index >= 15 is 0 Å². The number of furan rings is 1. The highest BCUT2D eigenvalue weighted by atomic mass is 16.4. The van der Waals surface area contributed by atoms with Gasteiger partial charge < -0.3 is 9.52 Å². The quantitative estimate of drug-likeness (QED) is 0.875. The maximum Gasteiger partial charge on any atom is 0.325 e. The Bertz CT molecular complexity index is 694. The number of hydrogen-bond donors (Lipinski definition) is 1. The summed E-state index contributed by atoms with van der Waals surface area (Å²) in [6.45, 7) is 5.83. The molecule has 0 radical (unpaired) electrons. The van der Waals surface area contributed by atoms with Gasteiger partial charge in [0.1, 0.15) is 18.1 Å². The maximum atomic E-state index is 10.8. The fraction of sp³-hybridized carbons (Fsp3) is 0.588. The number of carboxylic acid groups (broad SMARTS) is 1. The molecule has 0 amide bonds. The lowest BCUT2D eigenvalue weighted by atomic mass is 9.91. The van der Waals surface area contributed by atoms with Crippen molar-refractivity contribution in [3.8, 4) is 0 Å².